The number of allylic oxidation sites excluding steroid dienone is 1. The molecule has 5 heteroatoms. The van der Waals surface area contributed by atoms with Crippen LogP contribution in [0.1, 0.15) is 20.3 Å². The first kappa shape index (κ1) is 13.3. The first-order valence-electron chi connectivity index (χ1n) is 6.23. The molecule has 2 rings (SSSR count). The number of quaternary nitrogens is 1. The highest BCUT2D eigenvalue weighted by molar-refractivity contribution is 5.87. The molecule has 2 aliphatic heterocycles. The van der Waals surface area contributed by atoms with Gasteiger partial charge in [-0.3, -0.25) is 0 Å². The molecule has 100 valence electrons. The van der Waals surface area contributed by atoms with E-state index in [1.54, 1.807) is 26.0 Å². The molecule has 2 aliphatic rings. The summed E-state index contributed by atoms with van der Waals surface area (Å²) < 4.78 is 4.75. The molecule has 2 heterocycles. The van der Waals surface area contributed by atoms with E-state index >= 15 is 0 Å². The lowest BCUT2D eigenvalue weighted by Crippen LogP contribution is -2.46. The maximum atomic E-state index is 12.3. The fourth-order valence-corrected chi connectivity index (χ4v) is 2.63. The van der Waals surface area contributed by atoms with Crippen molar-refractivity contribution < 1.29 is 19.3 Å². The number of aliphatic hydroxyl groups is 1. The molecule has 1 saturated heterocycles. The van der Waals surface area contributed by atoms with Gasteiger partial charge < -0.3 is 19.7 Å². The van der Waals surface area contributed by atoms with Gasteiger partial charge in [-0.25, -0.2) is 4.79 Å². The van der Waals surface area contributed by atoms with Gasteiger partial charge in [-0.2, -0.15) is 0 Å². The monoisotopic (exact) mass is 253 g/mol. The molecular formula is C13H19NO4. The van der Waals surface area contributed by atoms with Crippen LogP contribution in [-0.4, -0.2) is 47.6 Å². The third-order valence-corrected chi connectivity index (χ3v) is 3.84. The third-order valence-electron chi connectivity index (χ3n) is 3.84. The number of aliphatic hydroxyl groups excluding tert-OH is 1. The van der Waals surface area contributed by atoms with Crippen LogP contribution in [0.15, 0.2) is 23.3 Å². The van der Waals surface area contributed by atoms with Gasteiger partial charge in [-0.05, 0) is 19.9 Å². The van der Waals surface area contributed by atoms with Crippen molar-refractivity contribution in [2.24, 2.45) is 0 Å². The summed E-state index contributed by atoms with van der Waals surface area (Å²) >= 11 is 0. The Hall–Kier alpha value is -1.17. The zero-order valence-corrected chi connectivity index (χ0v) is 10.8. The topological polar surface area (TPSA) is 69.6 Å². The summed E-state index contributed by atoms with van der Waals surface area (Å²) in [5.74, 6) is -0.373. The third kappa shape index (κ3) is 2.21. The number of carbonyl (C=O) groups excluding carboxylic acids is 1. The Morgan fingerprint density at radius 1 is 1.72 bits per heavy atom. The number of hydrogen-bond donors (Lipinski definition) is 1. The van der Waals surface area contributed by atoms with Gasteiger partial charge in [0.15, 0.2) is 0 Å². The lowest BCUT2D eigenvalue weighted by molar-refractivity contribution is -0.877. The van der Waals surface area contributed by atoms with Crippen molar-refractivity contribution in [1.82, 2.24) is 0 Å². The van der Waals surface area contributed by atoms with Crippen molar-refractivity contribution in [2.45, 2.75) is 32.4 Å². The van der Waals surface area contributed by atoms with Gasteiger partial charge in [-0.1, -0.05) is 6.08 Å². The van der Waals surface area contributed by atoms with E-state index in [9.17, 15) is 15.1 Å². The summed E-state index contributed by atoms with van der Waals surface area (Å²) in [6, 6.07) is -0.441. The Balaban J connectivity index is 1.97. The van der Waals surface area contributed by atoms with Gasteiger partial charge in [-0.15, -0.1) is 0 Å². The first-order valence-corrected chi connectivity index (χ1v) is 6.23. The van der Waals surface area contributed by atoms with Gasteiger partial charge in [0.25, 0.3) is 0 Å². The molecule has 1 N–H and O–H groups in total. The number of hydroxylamine groups is 3. The molecule has 0 aliphatic carbocycles. The largest absolute Gasteiger partial charge is 0.632 e. The van der Waals surface area contributed by atoms with E-state index in [0.717, 1.165) is 5.57 Å². The minimum Gasteiger partial charge on any atom is -0.632 e. The average molecular weight is 253 g/mol. The fraction of sp³-hybridized carbons (Fsp3) is 0.615. The summed E-state index contributed by atoms with van der Waals surface area (Å²) in [6.07, 6.45) is 3.40. The highest BCUT2D eigenvalue weighted by Gasteiger charge is 2.47. The Kier molecular flexibility index (Phi) is 3.56. The van der Waals surface area contributed by atoms with Crippen molar-refractivity contribution in [1.29, 1.82) is 0 Å². The molecule has 0 unspecified atom stereocenters. The quantitative estimate of drug-likeness (QED) is 0.266. The Morgan fingerprint density at radius 3 is 3.11 bits per heavy atom. The molecule has 18 heavy (non-hydrogen) atoms. The van der Waals surface area contributed by atoms with Crippen LogP contribution < -0.4 is 0 Å². The Labute approximate surface area is 107 Å². The lowest BCUT2D eigenvalue weighted by Gasteiger charge is -2.40. The van der Waals surface area contributed by atoms with Crippen LogP contribution in [0.3, 0.4) is 0 Å². The van der Waals surface area contributed by atoms with Crippen LogP contribution in [0.4, 0.5) is 0 Å². The van der Waals surface area contributed by atoms with Crippen LogP contribution >= 0.6 is 0 Å². The second-order valence-electron chi connectivity index (χ2n) is 4.99. The zero-order valence-electron chi connectivity index (χ0n) is 10.8. The van der Waals surface area contributed by atoms with Crippen molar-refractivity contribution in [3.05, 3.63) is 28.5 Å². The molecule has 0 amide bonds. The molecular weight excluding hydrogens is 234 g/mol. The van der Waals surface area contributed by atoms with Gasteiger partial charge in [0.2, 0.25) is 0 Å². The number of carbonyl (C=O) groups is 1. The SMILES string of the molecule is C/C=C(/C)C(=O)OCC1=CC[N@@+]2([O-])CC[C@@H](O)[C@@H]12. The maximum Gasteiger partial charge on any atom is 0.333 e. The molecule has 0 aromatic heterocycles. The highest BCUT2D eigenvalue weighted by atomic mass is 16.6. The van der Waals surface area contributed by atoms with Gasteiger partial charge >= 0.3 is 5.97 Å². The van der Waals surface area contributed by atoms with Crippen LogP contribution in [0, 0.1) is 5.21 Å². The van der Waals surface area contributed by atoms with E-state index < -0.39 is 16.8 Å². The number of nitrogens with zero attached hydrogens (tertiary/aromatic N) is 1. The van der Waals surface area contributed by atoms with E-state index in [4.69, 9.17) is 4.74 Å². The van der Waals surface area contributed by atoms with Crippen LogP contribution in [-0.2, 0) is 9.53 Å². The molecule has 0 aromatic rings. The Morgan fingerprint density at radius 2 is 2.44 bits per heavy atom. The second kappa shape index (κ2) is 4.84. The minimum atomic E-state index is -0.613. The maximum absolute atomic E-state index is 12.3. The smallest absolute Gasteiger partial charge is 0.333 e. The molecule has 0 bridgehead atoms. The van der Waals surface area contributed by atoms with Crippen molar-refractivity contribution in [3.8, 4) is 0 Å². The standard InChI is InChI=1S/C13H19NO4/c1-3-9(2)13(16)18-8-10-4-6-14(17)7-5-11(15)12(10)14/h3-4,11-12,15H,5-8H2,1-2H3/b9-3-/t11-,12-,14-/m1/s1. The van der Waals surface area contributed by atoms with Gasteiger partial charge in [0.05, 0.1) is 13.1 Å². The van der Waals surface area contributed by atoms with Crippen molar-refractivity contribution in [3.63, 3.8) is 0 Å². The predicted octanol–water partition coefficient (Wildman–Crippen LogP) is 0.884. The summed E-state index contributed by atoms with van der Waals surface area (Å²) in [7, 11) is 0. The number of fused-ring (bicyclic) bond motifs is 1. The zero-order chi connectivity index (χ0) is 13.3. The average Bonchev–Trinajstić information content (AvgIpc) is 2.83. The summed E-state index contributed by atoms with van der Waals surface area (Å²) in [5, 5.41) is 22.1. The lowest BCUT2D eigenvalue weighted by atomic mass is 10.1. The minimum absolute atomic E-state index is 0.105. The van der Waals surface area contributed by atoms with E-state index in [2.05, 4.69) is 0 Å². The summed E-state index contributed by atoms with van der Waals surface area (Å²) in [6.45, 7) is 4.37. The Bertz CT molecular complexity index is 415. The number of ether oxygens (including phenoxy) is 1. The summed E-state index contributed by atoms with van der Waals surface area (Å²) in [5.41, 5.74) is 1.30. The van der Waals surface area contributed by atoms with Crippen LogP contribution in [0.2, 0.25) is 0 Å². The second-order valence-corrected chi connectivity index (χ2v) is 4.99. The number of hydrogen-bond acceptors (Lipinski definition) is 4. The molecule has 0 saturated carbocycles. The molecule has 0 aromatic carbocycles. The van der Waals surface area contributed by atoms with Gasteiger partial charge in [0, 0.05) is 17.6 Å². The van der Waals surface area contributed by atoms with E-state index in [-0.39, 0.29) is 12.6 Å². The van der Waals surface area contributed by atoms with Gasteiger partial charge in [0.1, 0.15) is 18.8 Å². The van der Waals surface area contributed by atoms with Crippen LogP contribution in [0.25, 0.3) is 0 Å². The molecule has 1 fully saturated rings. The molecule has 0 spiro atoms. The van der Waals surface area contributed by atoms with E-state index in [1.807, 2.05) is 0 Å². The van der Waals surface area contributed by atoms with E-state index in [0.29, 0.717) is 25.1 Å². The number of esters is 1. The fourth-order valence-electron chi connectivity index (χ4n) is 2.63. The highest BCUT2D eigenvalue weighted by Crippen LogP contribution is 2.36. The first-order chi connectivity index (χ1) is 8.48. The molecule has 5 nitrogen and oxygen atoms in total. The number of rotatable bonds is 3. The van der Waals surface area contributed by atoms with Crippen molar-refractivity contribution >= 4 is 5.97 Å². The predicted molar refractivity (Wildman–Crippen MR) is 66.2 cm³/mol. The molecule has 3 atom stereocenters. The normalized spacial score (nSPS) is 35.3. The summed E-state index contributed by atoms with van der Waals surface area (Å²) in [4.78, 5) is 11.5. The van der Waals surface area contributed by atoms with Crippen molar-refractivity contribution in [2.75, 3.05) is 19.7 Å². The van der Waals surface area contributed by atoms with Crippen LogP contribution in [0.5, 0.6) is 0 Å². The van der Waals surface area contributed by atoms with E-state index in [1.165, 1.54) is 0 Å². The molecule has 0 radical (unpaired) electrons.